The number of piperidine rings is 1. The molecule has 1 fully saturated rings. The first-order chi connectivity index (χ1) is 4.43. The van der Waals surface area contributed by atoms with Gasteiger partial charge in [-0.3, -0.25) is 0 Å². The molecule has 0 amide bonds. The maximum atomic E-state index is 3.73. The minimum atomic E-state index is 0.920. The zero-order valence-electron chi connectivity index (χ0n) is 5.90. The Morgan fingerprint density at radius 3 is 2.67 bits per heavy atom. The summed E-state index contributed by atoms with van der Waals surface area (Å²) in [5.74, 6) is 0.920. The minimum absolute atomic E-state index is 0.920. The molecular weight excluding hydrogens is 111 g/mol. The van der Waals surface area contributed by atoms with E-state index in [2.05, 4.69) is 11.9 Å². The summed E-state index contributed by atoms with van der Waals surface area (Å²) in [6.07, 6.45) is 5.93. The first-order valence-electron chi connectivity index (χ1n) is 3.75. The van der Waals surface area contributed by atoms with Crippen LogP contribution in [0.3, 0.4) is 0 Å². The van der Waals surface area contributed by atoms with E-state index < -0.39 is 0 Å². The van der Waals surface area contributed by atoms with Gasteiger partial charge in [-0.1, -0.05) is 6.08 Å². The Bertz CT molecular complexity index is 82.6. The molecule has 1 heteroatoms. The van der Waals surface area contributed by atoms with E-state index in [9.17, 15) is 0 Å². The molecule has 0 aromatic rings. The lowest BCUT2D eigenvalue weighted by Crippen LogP contribution is -2.27. The summed E-state index contributed by atoms with van der Waals surface area (Å²) in [7, 11) is 0. The molecule has 1 nitrogen and oxygen atoms in total. The molecule has 1 saturated heterocycles. The fourth-order valence-electron chi connectivity index (χ4n) is 1.35. The zero-order valence-corrected chi connectivity index (χ0v) is 5.90. The maximum Gasteiger partial charge on any atom is -0.00462 e. The molecular formula is C8H15N. The Balaban J connectivity index is 2.15. The molecule has 1 heterocycles. The van der Waals surface area contributed by atoms with Crippen LogP contribution in [-0.4, -0.2) is 13.1 Å². The Morgan fingerprint density at radius 2 is 2.11 bits per heavy atom. The van der Waals surface area contributed by atoms with E-state index >= 15 is 0 Å². The molecule has 52 valence electrons. The van der Waals surface area contributed by atoms with Crippen molar-refractivity contribution in [2.24, 2.45) is 5.92 Å². The fraction of sp³-hybridized carbons (Fsp3) is 0.750. The van der Waals surface area contributed by atoms with E-state index in [0.717, 1.165) is 5.92 Å². The van der Waals surface area contributed by atoms with Crippen molar-refractivity contribution in [1.29, 1.82) is 0 Å². The number of hydrogen-bond donors (Lipinski definition) is 1. The van der Waals surface area contributed by atoms with E-state index in [-0.39, 0.29) is 0 Å². The Kier molecular flexibility index (Phi) is 2.78. The maximum absolute atomic E-state index is 3.73. The van der Waals surface area contributed by atoms with Gasteiger partial charge in [-0.2, -0.15) is 0 Å². The van der Waals surface area contributed by atoms with Crippen molar-refractivity contribution in [2.75, 3.05) is 13.1 Å². The first-order valence-corrected chi connectivity index (χ1v) is 3.75. The third-order valence-corrected chi connectivity index (χ3v) is 1.96. The van der Waals surface area contributed by atoms with Crippen LogP contribution in [0.1, 0.15) is 19.3 Å². The van der Waals surface area contributed by atoms with Gasteiger partial charge in [-0.15, -0.1) is 6.58 Å². The van der Waals surface area contributed by atoms with Crippen molar-refractivity contribution in [3.63, 3.8) is 0 Å². The van der Waals surface area contributed by atoms with Crippen molar-refractivity contribution in [1.82, 2.24) is 5.32 Å². The quantitative estimate of drug-likeness (QED) is 0.437. The van der Waals surface area contributed by atoms with Gasteiger partial charge >= 0.3 is 0 Å². The second-order valence-corrected chi connectivity index (χ2v) is 2.72. The smallest absolute Gasteiger partial charge is 0.00462 e. The number of rotatable bonds is 2. The molecule has 0 aromatic heterocycles. The van der Waals surface area contributed by atoms with Crippen molar-refractivity contribution in [3.8, 4) is 0 Å². The van der Waals surface area contributed by atoms with Crippen LogP contribution in [0.2, 0.25) is 0 Å². The van der Waals surface area contributed by atoms with Gasteiger partial charge in [0.15, 0.2) is 0 Å². The summed E-state index contributed by atoms with van der Waals surface area (Å²) in [6, 6.07) is 0. The number of hydrogen-bond acceptors (Lipinski definition) is 1. The normalized spacial score (nSPS) is 27.8. The highest BCUT2D eigenvalue weighted by molar-refractivity contribution is 4.76. The van der Waals surface area contributed by atoms with E-state index in [1.54, 1.807) is 0 Å². The summed E-state index contributed by atoms with van der Waals surface area (Å²) in [5, 5.41) is 3.34. The van der Waals surface area contributed by atoms with Crippen LogP contribution in [-0.2, 0) is 0 Å². The summed E-state index contributed by atoms with van der Waals surface area (Å²) < 4.78 is 0. The van der Waals surface area contributed by atoms with Crippen LogP contribution < -0.4 is 5.32 Å². The highest BCUT2D eigenvalue weighted by Gasteiger charge is 2.09. The standard InChI is InChI=1S/C8H15N/c1-2-3-8-4-6-9-7-5-8/h2,8-9H,1,3-7H2/i6+1. The molecule has 1 aliphatic rings. The monoisotopic (exact) mass is 126 g/mol. The lowest BCUT2D eigenvalue weighted by molar-refractivity contribution is 0.378. The molecule has 0 aliphatic carbocycles. The van der Waals surface area contributed by atoms with Gasteiger partial charge in [0, 0.05) is 0 Å². The summed E-state index contributed by atoms with van der Waals surface area (Å²) in [4.78, 5) is 0. The van der Waals surface area contributed by atoms with Crippen molar-refractivity contribution in [3.05, 3.63) is 12.7 Å². The molecule has 0 aromatic carbocycles. The van der Waals surface area contributed by atoms with Crippen LogP contribution in [0.5, 0.6) is 0 Å². The van der Waals surface area contributed by atoms with Gasteiger partial charge in [0.05, 0.1) is 0 Å². The molecule has 0 bridgehead atoms. The average molecular weight is 126 g/mol. The Labute approximate surface area is 57.1 Å². The molecule has 1 rings (SSSR count). The van der Waals surface area contributed by atoms with Gasteiger partial charge in [0.2, 0.25) is 0 Å². The predicted molar refractivity (Wildman–Crippen MR) is 40.4 cm³/mol. The molecule has 1 atom stereocenters. The molecule has 9 heavy (non-hydrogen) atoms. The zero-order chi connectivity index (χ0) is 6.53. The van der Waals surface area contributed by atoms with Crippen molar-refractivity contribution >= 4 is 0 Å². The summed E-state index contributed by atoms with van der Waals surface area (Å²) >= 11 is 0. The third kappa shape index (κ3) is 2.19. The minimum Gasteiger partial charge on any atom is -0.317 e. The van der Waals surface area contributed by atoms with E-state index in [4.69, 9.17) is 0 Å². The topological polar surface area (TPSA) is 12.0 Å². The van der Waals surface area contributed by atoms with Gasteiger partial charge in [-0.25, -0.2) is 0 Å². The van der Waals surface area contributed by atoms with Crippen LogP contribution in [0.15, 0.2) is 12.7 Å². The Hall–Kier alpha value is -0.300. The molecule has 1 unspecified atom stereocenters. The average Bonchev–Trinajstić information content (AvgIpc) is 1.91. The van der Waals surface area contributed by atoms with Gasteiger partial charge in [-0.05, 0) is 38.3 Å². The van der Waals surface area contributed by atoms with Gasteiger partial charge in [0.25, 0.3) is 0 Å². The second-order valence-electron chi connectivity index (χ2n) is 2.72. The molecule has 1 aliphatic heterocycles. The SMILES string of the molecule is C=CCC1CCN[13CH2]C1. The van der Waals surface area contributed by atoms with E-state index in [0.29, 0.717) is 0 Å². The number of allylic oxidation sites excluding steroid dienone is 1. The van der Waals surface area contributed by atoms with Gasteiger partial charge in [0.1, 0.15) is 0 Å². The van der Waals surface area contributed by atoms with Crippen LogP contribution in [0.4, 0.5) is 0 Å². The largest absolute Gasteiger partial charge is 0.317 e. The van der Waals surface area contributed by atoms with Crippen LogP contribution >= 0.6 is 0 Å². The lowest BCUT2D eigenvalue weighted by Gasteiger charge is -2.20. The summed E-state index contributed by atoms with van der Waals surface area (Å²) in [5.41, 5.74) is 0. The molecule has 0 saturated carbocycles. The molecule has 0 radical (unpaired) electrons. The molecule has 1 N–H and O–H groups in total. The third-order valence-electron chi connectivity index (χ3n) is 1.96. The molecule has 0 spiro atoms. The van der Waals surface area contributed by atoms with E-state index in [1.165, 1.54) is 32.4 Å². The van der Waals surface area contributed by atoms with Crippen LogP contribution in [0, 0.1) is 5.92 Å². The predicted octanol–water partition coefficient (Wildman–Crippen LogP) is 1.56. The van der Waals surface area contributed by atoms with E-state index in [1.807, 2.05) is 6.08 Å². The Morgan fingerprint density at radius 1 is 1.44 bits per heavy atom. The highest BCUT2D eigenvalue weighted by atomic mass is 15.0. The second kappa shape index (κ2) is 3.67. The first kappa shape index (κ1) is 6.81. The summed E-state index contributed by atoms with van der Waals surface area (Å²) in [6.45, 7) is 6.15. The van der Waals surface area contributed by atoms with Crippen molar-refractivity contribution < 1.29 is 0 Å². The number of nitrogens with one attached hydrogen (secondary N) is 1. The fourth-order valence-corrected chi connectivity index (χ4v) is 1.35. The lowest BCUT2D eigenvalue weighted by atomic mass is 9.99. The highest BCUT2D eigenvalue weighted by Crippen LogP contribution is 2.15. The van der Waals surface area contributed by atoms with Crippen LogP contribution in [0.25, 0.3) is 0 Å². The van der Waals surface area contributed by atoms with Gasteiger partial charge < -0.3 is 5.32 Å². The van der Waals surface area contributed by atoms with Crippen molar-refractivity contribution in [2.45, 2.75) is 19.3 Å².